The van der Waals surface area contributed by atoms with E-state index >= 15 is 0 Å². The lowest BCUT2D eigenvalue weighted by atomic mass is 10.2. The normalized spacial score (nSPS) is 11.8. The van der Waals surface area contributed by atoms with Gasteiger partial charge in [0.2, 0.25) is 0 Å². The zero-order valence-corrected chi connectivity index (χ0v) is 10.8. The van der Waals surface area contributed by atoms with Crippen molar-refractivity contribution in [3.05, 3.63) is 48.6 Å². The van der Waals surface area contributed by atoms with Gasteiger partial charge in [-0.05, 0) is 5.56 Å². The van der Waals surface area contributed by atoms with E-state index in [1.54, 1.807) is 6.08 Å². The number of esters is 1. The third kappa shape index (κ3) is 6.21. The summed E-state index contributed by atoms with van der Waals surface area (Å²) in [5.41, 5.74) is 1.14. The molecule has 0 radical (unpaired) electrons. The highest BCUT2D eigenvalue weighted by Crippen LogP contribution is 2.07. The molecule has 0 aromatic heterocycles. The zero-order valence-electron chi connectivity index (χ0n) is 10.8. The second-order valence-corrected chi connectivity index (χ2v) is 4.08. The number of carbonyl (C=O) groups is 1. The summed E-state index contributed by atoms with van der Waals surface area (Å²) in [4.78, 5) is 10.9. The molecule has 0 aliphatic rings. The van der Waals surface area contributed by atoms with Crippen LogP contribution in [0.2, 0.25) is 0 Å². The summed E-state index contributed by atoms with van der Waals surface area (Å²) >= 11 is 0. The molecule has 1 unspecified atom stereocenters. The van der Waals surface area contributed by atoms with E-state index in [9.17, 15) is 4.79 Å². The summed E-state index contributed by atoms with van der Waals surface area (Å²) < 4.78 is 10.7. The van der Waals surface area contributed by atoms with Crippen molar-refractivity contribution < 1.29 is 14.3 Å². The molecular formula is C15H20O3. The summed E-state index contributed by atoms with van der Waals surface area (Å²) in [5.74, 6) is -0.259. The monoisotopic (exact) mass is 248 g/mol. The van der Waals surface area contributed by atoms with Crippen LogP contribution in [-0.2, 0) is 20.9 Å². The first-order valence-corrected chi connectivity index (χ1v) is 6.12. The van der Waals surface area contributed by atoms with Gasteiger partial charge in [-0.15, -0.1) is 6.58 Å². The van der Waals surface area contributed by atoms with Crippen molar-refractivity contribution in [2.75, 3.05) is 6.61 Å². The fourth-order valence-corrected chi connectivity index (χ4v) is 1.62. The van der Waals surface area contributed by atoms with Crippen LogP contribution in [0.4, 0.5) is 0 Å². The minimum Gasteiger partial charge on any atom is -0.462 e. The molecule has 0 spiro atoms. The van der Waals surface area contributed by atoms with Crippen molar-refractivity contribution in [2.45, 2.75) is 32.5 Å². The number of carbonyl (C=O) groups excluding carboxylic acids is 1. The molecule has 0 amide bonds. The van der Waals surface area contributed by atoms with Crippen LogP contribution in [0.3, 0.4) is 0 Å². The summed E-state index contributed by atoms with van der Waals surface area (Å²) in [6.07, 6.45) is 2.98. The molecule has 0 saturated heterocycles. The Hall–Kier alpha value is -1.61. The van der Waals surface area contributed by atoms with Crippen LogP contribution in [0, 0.1) is 0 Å². The number of benzene rings is 1. The molecule has 0 bridgehead atoms. The summed E-state index contributed by atoms with van der Waals surface area (Å²) in [5, 5.41) is 0. The van der Waals surface area contributed by atoms with Crippen LogP contribution in [-0.4, -0.2) is 18.7 Å². The number of hydrogen-bond acceptors (Lipinski definition) is 3. The summed E-state index contributed by atoms with van der Waals surface area (Å²) in [7, 11) is 0. The average molecular weight is 248 g/mol. The topological polar surface area (TPSA) is 35.5 Å². The third-order valence-electron chi connectivity index (χ3n) is 2.46. The summed E-state index contributed by atoms with van der Waals surface area (Å²) in [6.45, 7) is 6.22. The van der Waals surface area contributed by atoms with Crippen LogP contribution in [0.25, 0.3) is 0 Å². The smallest absolute Gasteiger partial charge is 0.302 e. The van der Waals surface area contributed by atoms with Crippen LogP contribution in [0.5, 0.6) is 0 Å². The Bertz CT molecular complexity index is 359. The van der Waals surface area contributed by atoms with Crippen molar-refractivity contribution in [3.63, 3.8) is 0 Å². The molecule has 98 valence electrons. The van der Waals surface area contributed by atoms with E-state index in [2.05, 4.69) is 6.58 Å². The molecule has 3 heteroatoms. The Balaban J connectivity index is 2.22. The standard InChI is InChI=1S/C15H20O3/c1-3-7-15(18-13(2)16)10-11-17-12-14-8-5-4-6-9-14/h3-6,8-9,15H,1,7,10-12H2,2H3. The fraction of sp³-hybridized carbons (Fsp3) is 0.400. The van der Waals surface area contributed by atoms with Crippen LogP contribution < -0.4 is 0 Å². The Morgan fingerprint density at radius 2 is 2.11 bits per heavy atom. The van der Waals surface area contributed by atoms with E-state index in [0.29, 0.717) is 26.1 Å². The van der Waals surface area contributed by atoms with Gasteiger partial charge in [-0.3, -0.25) is 4.79 Å². The second-order valence-electron chi connectivity index (χ2n) is 4.08. The van der Waals surface area contributed by atoms with E-state index in [1.807, 2.05) is 30.3 Å². The van der Waals surface area contributed by atoms with Crippen molar-refractivity contribution >= 4 is 5.97 Å². The second kappa shape index (κ2) is 8.48. The van der Waals surface area contributed by atoms with Gasteiger partial charge in [-0.25, -0.2) is 0 Å². The van der Waals surface area contributed by atoms with Gasteiger partial charge in [0.25, 0.3) is 0 Å². The Kier molecular flexibility index (Phi) is 6.81. The minimum absolute atomic E-state index is 0.129. The highest BCUT2D eigenvalue weighted by atomic mass is 16.5. The van der Waals surface area contributed by atoms with Crippen LogP contribution in [0.1, 0.15) is 25.3 Å². The molecule has 1 rings (SSSR count). The first-order chi connectivity index (χ1) is 8.72. The van der Waals surface area contributed by atoms with Gasteiger partial charge >= 0.3 is 5.97 Å². The lowest BCUT2D eigenvalue weighted by Crippen LogP contribution is -2.17. The Morgan fingerprint density at radius 3 is 2.72 bits per heavy atom. The number of ether oxygens (including phenoxy) is 2. The molecule has 1 atom stereocenters. The number of rotatable bonds is 8. The first kappa shape index (κ1) is 14.5. The Morgan fingerprint density at radius 1 is 1.39 bits per heavy atom. The lowest BCUT2D eigenvalue weighted by molar-refractivity contribution is -0.147. The maximum atomic E-state index is 10.9. The SMILES string of the molecule is C=CCC(CCOCc1ccccc1)OC(C)=O. The average Bonchev–Trinajstić information content (AvgIpc) is 2.35. The molecule has 0 saturated carbocycles. The summed E-state index contributed by atoms with van der Waals surface area (Å²) in [6, 6.07) is 9.99. The lowest BCUT2D eigenvalue weighted by Gasteiger charge is -2.15. The minimum atomic E-state index is -0.259. The van der Waals surface area contributed by atoms with E-state index in [1.165, 1.54) is 6.92 Å². The quantitative estimate of drug-likeness (QED) is 0.403. The largest absolute Gasteiger partial charge is 0.462 e. The van der Waals surface area contributed by atoms with Gasteiger partial charge in [0.1, 0.15) is 6.10 Å². The first-order valence-electron chi connectivity index (χ1n) is 6.12. The molecule has 0 N–H and O–H groups in total. The predicted molar refractivity (Wildman–Crippen MR) is 71.1 cm³/mol. The Labute approximate surface area is 108 Å². The molecule has 0 aliphatic carbocycles. The molecule has 0 fully saturated rings. The van der Waals surface area contributed by atoms with E-state index in [0.717, 1.165) is 5.56 Å². The van der Waals surface area contributed by atoms with E-state index in [4.69, 9.17) is 9.47 Å². The highest BCUT2D eigenvalue weighted by molar-refractivity contribution is 5.66. The molecule has 3 nitrogen and oxygen atoms in total. The van der Waals surface area contributed by atoms with Crippen molar-refractivity contribution in [1.29, 1.82) is 0 Å². The highest BCUT2D eigenvalue weighted by Gasteiger charge is 2.09. The maximum Gasteiger partial charge on any atom is 0.302 e. The van der Waals surface area contributed by atoms with Crippen molar-refractivity contribution in [2.24, 2.45) is 0 Å². The molecule has 1 aromatic carbocycles. The van der Waals surface area contributed by atoms with Gasteiger partial charge in [0.15, 0.2) is 0 Å². The van der Waals surface area contributed by atoms with Crippen LogP contribution >= 0.6 is 0 Å². The van der Waals surface area contributed by atoms with Crippen molar-refractivity contribution in [3.8, 4) is 0 Å². The van der Waals surface area contributed by atoms with Gasteiger partial charge in [-0.1, -0.05) is 36.4 Å². The molecule has 0 aliphatic heterocycles. The van der Waals surface area contributed by atoms with Gasteiger partial charge in [0.05, 0.1) is 13.2 Å². The zero-order chi connectivity index (χ0) is 13.2. The van der Waals surface area contributed by atoms with Gasteiger partial charge < -0.3 is 9.47 Å². The fourth-order valence-electron chi connectivity index (χ4n) is 1.62. The van der Waals surface area contributed by atoms with Crippen molar-refractivity contribution in [1.82, 2.24) is 0 Å². The van der Waals surface area contributed by atoms with E-state index in [-0.39, 0.29) is 12.1 Å². The molecule has 1 aromatic rings. The third-order valence-corrected chi connectivity index (χ3v) is 2.46. The van der Waals surface area contributed by atoms with Gasteiger partial charge in [-0.2, -0.15) is 0 Å². The van der Waals surface area contributed by atoms with Gasteiger partial charge in [0, 0.05) is 19.8 Å². The molecular weight excluding hydrogens is 228 g/mol. The van der Waals surface area contributed by atoms with E-state index < -0.39 is 0 Å². The molecule has 18 heavy (non-hydrogen) atoms. The molecule has 0 heterocycles. The number of hydrogen-bond donors (Lipinski definition) is 0. The van der Waals surface area contributed by atoms with Crippen LogP contribution in [0.15, 0.2) is 43.0 Å². The predicted octanol–water partition coefficient (Wildman–Crippen LogP) is 3.10. The maximum absolute atomic E-state index is 10.9.